The number of allylic oxidation sites excluding steroid dienone is 1. The molecule has 0 unspecified atom stereocenters. The number of anilines is 1. The summed E-state index contributed by atoms with van der Waals surface area (Å²) in [7, 11) is 3.22. The van der Waals surface area contributed by atoms with Crippen LogP contribution in [0.25, 0.3) is 27.7 Å². The molecule has 0 radical (unpaired) electrons. The third-order valence-corrected chi connectivity index (χ3v) is 5.97. The summed E-state index contributed by atoms with van der Waals surface area (Å²) in [6.45, 7) is 8.21. The summed E-state index contributed by atoms with van der Waals surface area (Å²) in [4.78, 5) is 17.0. The Bertz CT molecular complexity index is 1450. The fraction of sp³-hybridized carbons (Fsp3) is 0.241. The molecule has 2 aromatic heterocycles. The third kappa shape index (κ3) is 4.91. The van der Waals surface area contributed by atoms with Gasteiger partial charge in [-0.15, -0.1) is 0 Å². The number of fused-ring (bicyclic) bond motifs is 1. The van der Waals surface area contributed by atoms with Gasteiger partial charge in [0, 0.05) is 34.3 Å². The molecule has 0 aliphatic rings. The highest BCUT2D eigenvalue weighted by Gasteiger charge is 2.20. The summed E-state index contributed by atoms with van der Waals surface area (Å²) in [5.74, 6) is 2.21. The van der Waals surface area contributed by atoms with Crippen LogP contribution in [0, 0.1) is 13.8 Å². The van der Waals surface area contributed by atoms with E-state index < -0.39 is 0 Å². The number of carbonyl (C=O) groups is 1. The number of nitrogens with one attached hydrogen (secondary N) is 1. The average Bonchev–Trinajstić information content (AvgIpc) is 3.29. The first kappa shape index (κ1) is 24.9. The van der Waals surface area contributed by atoms with E-state index in [0.717, 1.165) is 44.4 Å². The molecule has 36 heavy (non-hydrogen) atoms. The highest BCUT2D eigenvalue weighted by molar-refractivity contribution is 6.05. The number of aromatic nitrogens is 1. The second-order valence-corrected chi connectivity index (χ2v) is 8.44. The molecule has 0 aliphatic heterocycles. The molecule has 0 spiro atoms. The van der Waals surface area contributed by atoms with Gasteiger partial charge in [0.1, 0.15) is 17.2 Å². The van der Waals surface area contributed by atoms with Gasteiger partial charge < -0.3 is 23.9 Å². The number of hydrogen-bond donors (Lipinski definition) is 1. The number of methoxy groups -OCH3 is 2. The van der Waals surface area contributed by atoms with Gasteiger partial charge in [0.15, 0.2) is 11.5 Å². The highest BCUT2D eigenvalue weighted by atomic mass is 16.5. The molecule has 4 aromatic rings. The van der Waals surface area contributed by atoms with Crippen LogP contribution in [-0.2, 0) is 4.79 Å². The molecule has 0 aliphatic carbocycles. The van der Waals surface area contributed by atoms with E-state index >= 15 is 0 Å². The molecule has 2 heterocycles. The van der Waals surface area contributed by atoms with Crippen LogP contribution in [0.2, 0.25) is 0 Å². The Labute approximate surface area is 210 Å². The van der Waals surface area contributed by atoms with Crippen LogP contribution in [0.5, 0.6) is 17.2 Å². The van der Waals surface area contributed by atoms with Gasteiger partial charge in [0.2, 0.25) is 5.91 Å². The molecular formula is C29H30N2O5. The van der Waals surface area contributed by atoms with E-state index in [1.807, 2.05) is 64.1 Å². The monoisotopic (exact) mass is 486 g/mol. The Morgan fingerprint density at radius 3 is 2.56 bits per heavy atom. The molecule has 0 bridgehead atoms. The van der Waals surface area contributed by atoms with E-state index in [-0.39, 0.29) is 5.91 Å². The lowest BCUT2D eigenvalue weighted by Gasteiger charge is -2.15. The summed E-state index contributed by atoms with van der Waals surface area (Å²) >= 11 is 0. The van der Waals surface area contributed by atoms with Crippen molar-refractivity contribution in [3.63, 3.8) is 0 Å². The molecule has 1 amide bonds. The number of nitrogens with zero attached hydrogens (tertiary/aromatic N) is 1. The number of amides is 1. The Balaban J connectivity index is 1.80. The number of rotatable bonds is 8. The summed E-state index contributed by atoms with van der Waals surface area (Å²) in [6.07, 6.45) is 4.96. The van der Waals surface area contributed by atoms with Crippen LogP contribution in [0.3, 0.4) is 0 Å². The molecule has 0 saturated heterocycles. The molecule has 4 rings (SSSR count). The van der Waals surface area contributed by atoms with Crippen LogP contribution < -0.4 is 19.5 Å². The van der Waals surface area contributed by atoms with Gasteiger partial charge in [-0.1, -0.05) is 6.07 Å². The average molecular weight is 487 g/mol. The Kier molecular flexibility index (Phi) is 7.29. The topological polar surface area (TPSA) is 82.8 Å². The quantitative estimate of drug-likeness (QED) is 0.284. The SMILES string of the molecule is CCOc1c(/C(C)=C/C(=O)Nc2cc(C)ccn2)cc2c(-c3ccc(OC)c(OC)c3)coc2c1C. The first-order valence-electron chi connectivity index (χ1n) is 11.7. The van der Waals surface area contributed by atoms with Crippen molar-refractivity contribution in [1.29, 1.82) is 0 Å². The lowest BCUT2D eigenvalue weighted by atomic mass is 9.96. The van der Waals surface area contributed by atoms with Crippen molar-refractivity contribution in [1.82, 2.24) is 4.98 Å². The summed E-state index contributed by atoms with van der Waals surface area (Å²) in [5, 5.41) is 3.74. The third-order valence-electron chi connectivity index (χ3n) is 5.97. The molecule has 0 fully saturated rings. The van der Waals surface area contributed by atoms with Crippen molar-refractivity contribution < 1.29 is 23.4 Å². The predicted molar refractivity (Wildman–Crippen MR) is 142 cm³/mol. The first-order valence-corrected chi connectivity index (χ1v) is 11.7. The maximum Gasteiger partial charge on any atom is 0.249 e. The van der Waals surface area contributed by atoms with Crippen LogP contribution in [-0.4, -0.2) is 31.7 Å². The first-order chi connectivity index (χ1) is 17.4. The number of hydrogen-bond acceptors (Lipinski definition) is 6. The minimum absolute atomic E-state index is 0.266. The summed E-state index contributed by atoms with van der Waals surface area (Å²) < 4.78 is 22.9. The maximum atomic E-state index is 12.8. The fourth-order valence-electron chi connectivity index (χ4n) is 4.21. The molecule has 1 N–H and O–H groups in total. The van der Waals surface area contributed by atoms with Crippen molar-refractivity contribution in [2.24, 2.45) is 0 Å². The minimum Gasteiger partial charge on any atom is -0.493 e. The Morgan fingerprint density at radius 2 is 1.86 bits per heavy atom. The molecule has 7 nitrogen and oxygen atoms in total. The largest absolute Gasteiger partial charge is 0.493 e. The summed E-state index contributed by atoms with van der Waals surface area (Å²) in [5.41, 5.74) is 6.01. The van der Waals surface area contributed by atoms with E-state index in [4.69, 9.17) is 18.6 Å². The smallest absolute Gasteiger partial charge is 0.249 e. The number of carbonyl (C=O) groups excluding carboxylic acids is 1. The van der Waals surface area contributed by atoms with Crippen molar-refractivity contribution in [3.05, 3.63) is 71.6 Å². The van der Waals surface area contributed by atoms with Gasteiger partial charge in [0.25, 0.3) is 0 Å². The second-order valence-electron chi connectivity index (χ2n) is 8.44. The van der Waals surface area contributed by atoms with Crippen molar-refractivity contribution in [2.45, 2.75) is 27.7 Å². The Morgan fingerprint density at radius 1 is 1.08 bits per heavy atom. The number of aryl methyl sites for hydroxylation is 2. The molecule has 186 valence electrons. The van der Waals surface area contributed by atoms with Crippen LogP contribution in [0.1, 0.15) is 30.5 Å². The second kappa shape index (κ2) is 10.6. The zero-order valence-corrected chi connectivity index (χ0v) is 21.4. The van der Waals surface area contributed by atoms with Crippen molar-refractivity contribution in [2.75, 3.05) is 26.1 Å². The number of pyridine rings is 1. The van der Waals surface area contributed by atoms with E-state index in [2.05, 4.69) is 10.3 Å². The van der Waals surface area contributed by atoms with Gasteiger partial charge in [-0.2, -0.15) is 0 Å². The molecular weight excluding hydrogens is 456 g/mol. The molecule has 7 heteroatoms. The van der Waals surface area contributed by atoms with E-state index in [0.29, 0.717) is 29.7 Å². The van der Waals surface area contributed by atoms with Crippen LogP contribution in [0.15, 0.2) is 59.4 Å². The van der Waals surface area contributed by atoms with Crippen molar-refractivity contribution >= 4 is 28.3 Å². The molecule has 0 atom stereocenters. The van der Waals surface area contributed by atoms with Crippen LogP contribution >= 0.6 is 0 Å². The molecule has 0 saturated carbocycles. The number of ether oxygens (including phenoxy) is 3. The van der Waals surface area contributed by atoms with Crippen molar-refractivity contribution in [3.8, 4) is 28.4 Å². The van der Waals surface area contributed by atoms with Gasteiger partial charge >= 0.3 is 0 Å². The van der Waals surface area contributed by atoms with E-state index in [9.17, 15) is 4.79 Å². The zero-order valence-electron chi connectivity index (χ0n) is 21.4. The lowest BCUT2D eigenvalue weighted by Crippen LogP contribution is -2.10. The zero-order chi connectivity index (χ0) is 25.8. The van der Waals surface area contributed by atoms with E-state index in [1.165, 1.54) is 0 Å². The normalized spacial score (nSPS) is 11.4. The van der Waals surface area contributed by atoms with Gasteiger partial charge in [-0.05, 0) is 74.7 Å². The van der Waals surface area contributed by atoms with Gasteiger partial charge in [-0.3, -0.25) is 4.79 Å². The Hall–Kier alpha value is -4.26. The molecule has 2 aromatic carbocycles. The predicted octanol–water partition coefficient (Wildman–Crippen LogP) is 6.57. The van der Waals surface area contributed by atoms with Gasteiger partial charge in [-0.25, -0.2) is 4.98 Å². The van der Waals surface area contributed by atoms with E-state index in [1.54, 1.807) is 32.8 Å². The lowest BCUT2D eigenvalue weighted by molar-refractivity contribution is -0.111. The summed E-state index contributed by atoms with van der Waals surface area (Å²) in [6, 6.07) is 11.5. The van der Waals surface area contributed by atoms with Gasteiger partial charge in [0.05, 0.1) is 27.1 Å². The maximum absolute atomic E-state index is 12.8. The van der Waals surface area contributed by atoms with Crippen LogP contribution in [0.4, 0.5) is 5.82 Å². The highest BCUT2D eigenvalue weighted by Crippen LogP contribution is 2.42. The fourth-order valence-corrected chi connectivity index (χ4v) is 4.21. The number of benzene rings is 2. The minimum atomic E-state index is -0.266. The standard InChI is InChI=1S/C29H30N2O5/c1-7-35-28-19(4)29-22(23(16-36-29)20-8-9-24(33-5)25(14-20)34-6)15-21(28)18(3)13-27(32)31-26-12-17(2)10-11-30-26/h8-16H,7H2,1-6H3,(H,30,31,32)/b18-13+. The number of furan rings is 1.